The molecule has 0 spiro atoms. The molecule has 1 aromatic carbocycles. The first-order valence-corrected chi connectivity index (χ1v) is 4.08. The average molecular weight is 158 g/mol. The van der Waals surface area contributed by atoms with Crippen molar-refractivity contribution in [1.82, 2.24) is 0 Å². The lowest BCUT2D eigenvalue weighted by molar-refractivity contribution is 1.20. The zero-order chi connectivity index (χ0) is 8.97. The van der Waals surface area contributed by atoms with Crippen LogP contribution in [0.25, 0.3) is 0 Å². The lowest BCUT2D eigenvalue weighted by atomic mass is 10.1. The lowest BCUT2D eigenvalue weighted by Gasteiger charge is -2.00. The summed E-state index contributed by atoms with van der Waals surface area (Å²) in [5.41, 5.74) is 3.66. The first-order chi connectivity index (χ1) is 5.72. The van der Waals surface area contributed by atoms with Gasteiger partial charge in [0.05, 0.1) is 0 Å². The van der Waals surface area contributed by atoms with Gasteiger partial charge >= 0.3 is 0 Å². The molecule has 0 saturated carbocycles. The molecule has 0 aliphatic rings. The van der Waals surface area contributed by atoms with Gasteiger partial charge in [-0.15, -0.1) is 0 Å². The highest BCUT2D eigenvalue weighted by Crippen LogP contribution is 2.08. The normalized spacial score (nSPS) is 9.42. The molecule has 62 valence electrons. The van der Waals surface area contributed by atoms with E-state index in [1.165, 1.54) is 11.1 Å². The molecule has 0 nitrogen and oxygen atoms in total. The number of benzene rings is 1. The van der Waals surface area contributed by atoms with Crippen LogP contribution in [-0.4, -0.2) is 0 Å². The Kier molecular flexibility index (Phi) is 2.87. The Hall–Kier alpha value is -1.30. The van der Waals surface area contributed by atoms with Gasteiger partial charge in [0.1, 0.15) is 0 Å². The average Bonchev–Trinajstić information content (AvgIpc) is 2.09. The van der Waals surface area contributed by atoms with E-state index in [1.807, 2.05) is 0 Å². The van der Waals surface area contributed by atoms with Crippen LogP contribution in [0.4, 0.5) is 0 Å². The summed E-state index contributed by atoms with van der Waals surface area (Å²) in [5.74, 6) is 0. The first-order valence-electron chi connectivity index (χ1n) is 4.08. The van der Waals surface area contributed by atoms with E-state index < -0.39 is 0 Å². The number of allylic oxidation sites excluding steroid dienone is 2. The molecule has 0 N–H and O–H groups in total. The molecular formula is C12H14. The molecule has 0 aliphatic heterocycles. The van der Waals surface area contributed by atoms with E-state index in [0.717, 1.165) is 12.0 Å². The summed E-state index contributed by atoms with van der Waals surface area (Å²) in [4.78, 5) is 0. The molecule has 12 heavy (non-hydrogen) atoms. The van der Waals surface area contributed by atoms with E-state index in [9.17, 15) is 0 Å². The fourth-order valence-electron chi connectivity index (χ4n) is 1.04. The molecule has 0 aliphatic carbocycles. The van der Waals surface area contributed by atoms with Crippen LogP contribution in [0.15, 0.2) is 49.1 Å². The summed E-state index contributed by atoms with van der Waals surface area (Å²) in [7, 11) is 0. The largest absolute Gasteiger partial charge is 0.0988 e. The van der Waals surface area contributed by atoms with Crippen molar-refractivity contribution in [3.05, 3.63) is 60.2 Å². The zero-order valence-corrected chi connectivity index (χ0v) is 7.51. The smallest absolute Gasteiger partial charge is 0.00319 e. The third kappa shape index (κ3) is 2.39. The van der Waals surface area contributed by atoms with Gasteiger partial charge in [0.2, 0.25) is 0 Å². The van der Waals surface area contributed by atoms with Gasteiger partial charge in [-0.3, -0.25) is 0 Å². The maximum atomic E-state index is 3.87. The van der Waals surface area contributed by atoms with E-state index in [2.05, 4.69) is 44.3 Å². The van der Waals surface area contributed by atoms with Crippen molar-refractivity contribution >= 4 is 0 Å². The number of hydrogen-bond donors (Lipinski definition) is 0. The zero-order valence-electron chi connectivity index (χ0n) is 7.51. The van der Waals surface area contributed by atoms with Gasteiger partial charge in [0.15, 0.2) is 0 Å². The fraction of sp³-hybridized carbons (Fsp3) is 0.167. The molecule has 0 radical (unpaired) electrons. The van der Waals surface area contributed by atoms with E-state index in [1.54, 1.807) is 6.08 Å². The van der Waals surface area contributed by atoms with Crippen LogP contribution in [0.5, 0.6) is 0 Å². The van der Waals surface area contributed by atoms with Gasteiger partial charge in [0.25, 0.3) is 0 Å². The second-order valence-electron chi connectivity index (χ2n) is 3.02. The minimum absolute atomic E-state index is 0.907. The minimum Gasteiger partial charge on any atom is -0.0988 e. The highest BCUT2D eigenvalue weighted by molar-refractivity contribution is 5.27. The second kappa shape index (κ2) is 3.91. The third-order valence-electron chi connectivity index (χ3n) is 1.84. The van der Waals surface area contributed by atoms with Crippen molar-refractivity contribution in [2.45, 2.75) is 13.3 Å². The Morgan fingerprint density at radius 3 is 2.42 bits per heavy atom. The van der Waals surface area contributed by atoms with Crippen molar-refractivity contribution in [2.24, 2.45) is 0 Å². The van der Waals surface area contributed by atoms with Crippen LogP contribution in [-0.2, 0) is 6.42 Å². The maximum Gasteiger partial charge on any atom is -0.00319 e. The van der Waals surface area contributed by atoms with Gasteiger partial charge in [-0.05, 0) is 18.9 Å². The molecule has 0 bridgehead atoms. The second-order valence-corrected chi connectivity index (χ2v) is 3.02. The SMILES string of the molecule is C=CC(=C)Cc1ccc(C)cc1. The number of rotatable bonds is 3. The van der Waals surface area contributed by atoms with E-state index in [0.29, 0.717) is 0 Å². The highest BCUT2D eigenvalue weighted by Gasteiger charge is 1.92. The molecule has 0 fully saturated rings. The van der Waals surface area contributed by atoms with Gasteiger partial charge in [0, 0.05) is 0 Å². The topological polar surface area (TPSA) is 0 Å². The summed E-state index contributed by atoms with van der Waals surface area (Å²) in [6.07, 6.45) is 2.71. The van der Waals surface area contributed by atoms with Crippen molar-refractivity contribution in [3.8, 4) is 0 Å². The van der Waals surface area contributed by atoms with Crippen LogP contribution in [0.2, 0.25) is 0 Å². The van der Waals surface area contributed by atoms with Crippen LogP contribution in [0.3, 0.4) is 0 Å². The maximum absolute atomic E-state index is 3.87. The Morgan fingerprint density at radius 1 is 1.33 bits per heavy atom. The summed E-state index contributed by atoms with van der Waals surface area (Å²) in [6, 6.07) is 8.49. The number of aryl methyl sites for hydroxylation is 1. The van der Waals surface area contributed by atoms with E-state index in [4.69, 9.17) is 0 Å². The van der Waals surface area contributed by atoms with Gasteiger partial charge in [-0.2, -0.15) is 0 Å². The van der Waals surface area contributed by atoms with Crippen molar-refractivity contribution in [3.63, 3.8) is 0 Å². The molecule has 0 heteroatoms. The molecule has 1 rings (SSSR count). The van der Waals surface area contributed by atoms with Crippen LogP contribution in [0.1, 0.15) is 11.1 Å². The highest BCUT2D eigenvalue weighted by atomic mass is 14.0. The van der Waals surface area contributed by atoms with Gasteiger partial charge in [-0.1, -0.05) is 54.6 Å². The third-order valence-corrected chi connectivity index (χ3v) is 1.84. The molecular weight excluding hydrogens is 144 g/mol. The number of hydrogen-bond acceptors (Lipinski definition) is 0. The Bertz CT molecular complexity index is 277. The van der Waals surface area contributed by atoms with E-state index in [-0.39, 0.29) is 0 Å². The quantitative estimate of drug-likeness (QED) is 0.592. The Labute approximate surface area is 74.2 Å². The molecule has 1 aromatic rings. The predicted molar refractivity (Wildman–Crippen MR) is 54.2 cm³/mol. The summed E-state index contributed by atoms with van der Waals surface area (Å²) in [5, 5.41) is 0. The summed E-state index contributed by atoms with van der Waals surface area (Å²) in [6.45, 7) is 9.64. The van der Waals surface area contributed by atoms with Gasteiger partial charge < -0.3 is 0 Å². The standard InChI is InChI=1S/C12H14/c1-4-10(2)9-12-7-5-11(3)6-8-12/h4-8H,1-2,9H2,3H3. The minimum atomic E-state index is 0.907. The monoisotopic (exact) mass is 158 g/mol. The van der Waals surface area contributed by atoms with Crippen molar-refractivity contribution < 1.29 is 0 Å². The lowest BCUT2D eigenvalue weighted by Crippen LogP contribution is -1.85. The van der Waals surface area contributed by atoms with Crippen LogP contribution < -0.4 is 0 Å². The first kappa shape index (κ1) is 8.79. The van der Waals surface area contributed by atoms with Gasteiger partial charge in [-0.25, -0.2) is 0 Å². The van der Waals surface area contributed by atoms with Crippen molar-refractivity contribution in [1.29, 1.82) is 0 Å². The summed E-state index contributed by atoms with van der Waals surface area (Å²) >= 11 is 0. The Balaban J connectivity index is 2.71. The molecule has 0 saturated heterocycles. The van der Waals surface area contributed by atoms with Crippen molar-refractivity contribution in [2.75, 3.05) is 0 Å². The fourth-order valence-corrected chi connectivity index (χ4v) is 1.04. The molecule has 0 unspecified atom stereocenters. The summed E-state index contributed by atoms with van der Waals surface area (Å²) < 4.78 is 0. The molecule has 0 amide bonds. The van der Waals surface area contributed by atoms with E-state index >= 15 is 0 Å². The molecule has 0 aromatic heterocycles. The molecule has 0 atom stereocenters. The predicted octanol–water partition coefficient (Wildman–Crippen LogP) is 3.28. The molecule has 0 heterocycles. The van der Waals surface area contributed by atoms with Crippen LogP contribution >= 0.6 is 0 Å². The van der Waals surface area contributed by atoms with Crippen LogP contribution in [0, 0.1) is 6.92 Å². The Morgan fingerprint density at radius 2 is 1.92 bits per heavy atom.